The number of hydrogen-bond donors (Lipinski definition) is 2. The number of nitrogens with zero attached hydrogens (tertiary/aromatic N) is 1. The zero-order valence-electron chi connectivity index (χ0n) is 12.1. The fourth-order valence-corrected chi connectivity index (χ4v) is 4.53. The highest BCUT2D eigenvalue weighted by Crippen LogP contribution is 2.28. The molecule has 22 heavy (non-hydrogen) atoms. The molecule has 122 valence electrons. The first-order valence-electron chi connectivity index (χ1n) is 7.17. The highest BCUT2D eigenvalue weighted by atomic mass is 35.5. The number of halogens is 1. The fourth-order valence-electron chi connectivity index (χ4n) is 2.74. The van der Waals surface area contributed by atoms with Gasteiger partial charge in [0.1, 0.15) is 6.04 Å². The van der Waals surface area contributed by atoms with Gasteiger partial charge in [-0.1, -0.05) is 6.07 Å². The van der Waals surface area contributed by atoms with Gasteiger partial charge in [-0.15, -0.1) is 23.7 Å². The van der Waals surface area contributed by atoms with Crippen molar-refractivity contribution in [3.63, 3.8) is 0 Å². The zero-order valence-corrected chi connectivity index (χ0v) is 14.6. The second kappa shape index (κ2) is 8.19. The van der Waals surface area contributed by atoms with Crippen molar-refractivity contribution >= 4 is 47.3 Å². The van der Waals surface area contributed by atoms with E-state index in [1.54, 1.807) is 4.90 Å². The molecule has 0 bridgehead atoms. The summed E-state index contributed by atoms with van der Waals surface area (Å²) in [6.07, 6.45) is 0.474. The van der Waals surface area contributed by atoms with Crippen molar-refractivity contribution in [3.05, 3.63) is 22.4 Å². The van der Waals surface area contributed by atoms with E-state index >= 15 is 0 Å². The first kappa shape index (κ1) is 17.6. The average molecular weight is 362 g/mol. The molecule has 2 amide bonds. The second-order valence-electron chi connectivity index (χ2n) is 5.23. The lowest BCUT2D eigenvalue weighted by atomic mass is 10.1. The summed E-state index contributed by atoms with van der Waals surface area (Å²) in [5, 5.41) is 8.19. The molecule has 0 radical (unpaired) electrons. The van der Waals surface area contributed by atoms with Crippen LogP contribution in [0.2, 0.25) is 0 Å². The Kier molecular flexibility index (Phi) is 6.55. The van der Waals surface area contributed by atoms with Gasteiger partial charge >= 0.3 is 0 Å². The minimum atomic E-state index is -0.456. The van der Waals surface area contributed by atoms with Crippen LogP contribution in [0.15, 0.2) is 17.5 Å². The van der Waals surface area contributed by atoms with E-state index in [1.807, 2.05) is 29.3 Å². The van der Waals surface area contributed by atoms with Gasteiger partial charge in [-0.2, -0.15) is 11.8 Å². The molecule has 2 N–H and O–H groups in total. The molecule has 1 aromatic heterocycles. The molecular formula is C14H20ClN3O2S2. The molecule has 2 saturated heterocycles. The van der Waals surface area contributed by atoms with Crippen molar-refractivity contribution in [2.75, 3.05) is 31.1 Å². The Morgan fingerprint density at radius 2 is 2.27 bits per heavy atom. The summed E-state index contributed by atoms with van der Waals surface area (Å²) in [6.45, 7) is 2.09. The average Bonchev–Trinajstić information content (AvgIpc) is 3.02. The summed E-state index contributed by atoms with van der Waals surface area (Å²) >= 11 is 3.41. The van der Waals surface area contributed by atoms with Crippen LogP contribution >= 0.6 is 35.5 Å². The molecule has 0 saturated carbocycles. The largest absolute Gasteiger partial charge is 0.352 e. The van der Waals surface area contributed by atoms with Crippen molar-refractivity contribution in [2.24, 2.45) is 0 Å². The van der Waals surface area contributed by atoms with E-state index in [4.69, 9.17) is 0 Å². The topological polar surface area (TPSA) is 61.4 Å². The molecule has 2 fully saturated rings. The van der Waals surface area contributed by atoms with Gasteiger partial charge in [-0.05, 0) is 11.4 Å². The first-order chi connectivity index (χ1) is 10.3. The molecule has 1 aromatic rings. The third kappa shape index (κ3) is 3.95. The van der Waals surface area contributed by atoms with E-state index in [2.05, 4.69) is 10.6 Å². The number of thiophene rings is 1. The number of thioether (sulfide) groups is 1. The Hall–Kier alpha value is -0.760. The van der Waals surface area contributed by atoms with Crippen LogP contribution in [-0.2, 0) is 9.59 Å². The molecule has 0 aromatic carbocycles. The van der Waals surface area contributed by atoms with Gasteiger partial charge in [0, 0.05) is 48.5 Å². The van der Waals surface area contributed by atoms with Gasteiger partial charge < -0.3 is 15.5 Å². The Bertz CT molecular complexity index is 506. The van der Waals surface area contributed by atoms with Gasteiger partial charge in [-0.3, -0.25) is 9.59 Å². The summed E-state index contributed by atoms with van der Waals surface area (Å²) in [6, 6.07) is 3.62. The predicted octanol–water partition coefficient (Wildman–Crippen LogP) is 1.26. The summed E-state index contributed by atoms with van der Waals surface area (Å²) in [5.74, 6) is 2.08. The number of nitrogens with one attached hydrogen (secondary N) is 2. The zero-order chi connectivity index (χ0) is 14.7. The first-order valence-corrected chi connectivity index (χ1v) is 9.21. The molecule has 2 unspecified atom stereocenters. The number of carbonyl (C=O) groups excluding carboxylic acids is 2. The van der Waals surface area contributed by atoms with Crippen LogP contribution in [0, 0.1) is 0 Å². The van der Waals surface area contributed by atoms with E-state index in [0.717, 1.165) is 22.9 Å². The molecule has 0 spiro atoms. The number of hydrogen-bond acceptors (Lipinski definition) is 5. The molecule has 0 aliphatic carbocycles. The Morgan fingerprint density at radius 3 is 2.95 bits per heavy atom. The van der Waals surface area contributed by atoms with E-state index in [-0.39, 0.29) is 30.3 Å². The van der Waals surface area contributed by atoms with Crippen molar-refractivity contribution in [1.82, 2.24) is 15.5 Å². The Morgan fingerprint density at radius 1 is 1.41 bits per heavy atom. The third-order valence-corrected chi connectivity index (χ3v) is 5.82. The minimum Gasteiger partial charge on any atom is -0.352 e. The summed E-state index contributed by atoms with van der Waals surface area (Å²) < 4.78 is 0. The van der Waals surface area contributed by atoms with Gasteiger partial charge in [0.15, 0.2) is 0 Å². The van der Waals surface area contributed by atoms with E-state index < -0.39 is 6.04 Å². The summed E-state index contributed by atoms with van der Waals surface area (Å²) in [4.78, 5) is 27.5. The molecule has 5 nitrogen and oxygen atoms in total. The third-order valence-electron chi connectivity index (χ3n) is 3.76. The summed E-state index contributed by atoms with van der Waals surface area (Å²) in [5.41, 5.74) is 0. The SMILES string of the molecule is Cl.O=C1NCCN(C(=O)CC2CSCCN2)C1c1cccs1. The van der Waals surface area contributed by atoms with Gasteiger partial charge in [0.2, 0.25) is 11.8 Å². The van der Waals surface area contributed by atoms with Crippen LogP contribution in [0.25, 0.3) is 0 Å². The van der Waals surface area contributed by atoms with E-state index in [1.165, 1.54) is 11.3 Å². The number of carbonyl (C=O) groups is 2. The lowest BCUT2D eigenvalue weighted by Gasteiger charge is -2.35. The molecule has 8 heteroatoms. The molecule has 2 aliphatic heterocycles. The quantitative estimate of drug-likeness (QED) is 0.851. The molecule has 2 aliphatic rings. The fraction of sp³-hybridized carbons (Fsp3) is 0.571. The van der Waals surface area contributed by atoms with E-state index in [0.29, 0.717) is 19.5 Å². The molecule has 3 heterocycles. The minimum absolute atomic E-state index is 0. The highest BCUT2D eigenvalue weighted by Gasteiger charge is 2.35. The van der Waals surface area contributed by atoms with Crippen LogP contribution in [0.1, 0.15) is 17.3 Å². The normalized spacial score (nSPS) is 25.3. The van der Waals surface area contributed by atoms with Crippen LogP contribution in [0.3, 0.4) is 0 Å². The van der Waals surface area contributed by atoms with Gasteiger partial charge in [0.25, 0.3) is 0 Å². The van der Waals surface area contributed by atoms with Crippen molar-refractivity contribution in [1.29, 1.82) is 0 Å². The number of piperazine rings is 1. The summed E-state index contributed by atoms with van der Waals surface area (Å²) in [7, 11) is 0. The maximum Gasteiger partial charge on any atom is 0.248 e. The number of amides is 2. The molecular weight excluding hydrogens is 342 g/mol. The standard InChI is InChI=1S/C14H19N3O2S2.ClH/c18-12(8-10-9-20-7-4-15-10)17-5-3-16-14(19)13(17)11-2-1-6-21-11;/h1-2,6,10,13,15H,3-5,7-9H2,(H,16,19);1H. The monoisotopic (exact) mass is 361 g/mol. The lowest BCUT2D eigenvalue weighted by molar-refractivity contribution is -0.143. The van der Waals surface area contributed by atoms with Gasteiger partial charge in [0.05, 0.1) is 0 Å². The Balaban J connectivity index is 0.00000176. The lowest BCUT2D eigenvalue weighted by Crippen LogP contribution is -2.53. The van der Waals surface area contributed by atoms with Crippen LogP contribution in [0.5, 0.6) is 0 Å². The molecule has 2 atom stereocenters. The van der Waals surface area contributed by atoms with Crippen LogP contribution in [-0.4, -0.2) is 53.9 Å². The van der Waals surface area contributed by atoms with Crippen molar-refractivity contribution in [2.45, 2.75) is 18.5 Å². The second-order valence-corrected chi connectivity index (χ2v) is 7.36. The Labute approximate surface area is 144 Å². The van der Waals surface area contributed by atoms with Crippen molar-refractivity contribution in [3.8, 4) is 0 Å². The predicted molar refractivity (Wildman–Crippen MR) is 92.8 cm³/mol. The van der Waals surface area contributed by atoms with Crippen LogP contribution in [0.4, 0.5) is 0 Å². The van der Waals surface area contributed by atoms with Crippen molar-refractivity contribution < 1.29 is 9.59 Å². The van der Waals surface area contributed by atoms with Gasteiger partial charge in [-0.25, -0.2) is 0 Å². The molecule has 3 rings (SSSR count). The van der Waals surface area contributed by atoms with Crippen LogP contribution < -0.4 is 10.6 Å². The number of rotatable bonds is 3. The smallest absolute Gasteiger partial charge is 0.248 e. The maximum absolute atomic E-state index is 12.6. The highest BCUT2D eigenvalue weighted by molar-refractivity contribution is 7.99. The maximum atomic E-state index is 12.6. The van der Waals surface area contributed by atoms with E-state index in [9.17, 15) is 9.59 Å².